The van der Waals surface area contributed by atoms with Crippen molar-refractivity contribution in [1.29, 1.82) is 0 Å². The average molecular weight is 246 g/mol. The second kappa shape index (κ2) is 5.95. The van der Waals surface area contributed by atoms with Gasteiger partial charge in [0.15, 0.2) is 5.96 Å². The summed E-state index contributed by atoms with van der Waals surface area (Å²) in [4.78, 5) is 4.16. The number of nitrogens with zero attached hydrogens (tertiary/aromatic N) is 2. The van der Waals surface area contributed by atoms with Crippen LogP contribution in [0.5, 0.6) is 0 Å². The number of aromatic nitrogens is 1. The van der Waals surface area contributed by atoms with E-state index in [1.807, 2.05) is 29.9 Å². The molecular formula is C13H18N4O. The van der Waals surface area contributed by atoms with Gasteiger partial charge in [0, 0.05) is 33.0 Å². The van der Waals surface area contributed by atoms with Crippen LogP contribution >= 0.6 is 0 Å². The number of furan rings is 1. The predicted octanol–water partition coefficient (Wildman–Crippen LogP) is 1.48. The Morgan fingerprint density at radius 2 is 2.17 bits per heavy atom. The molecule has 0 amide bonds. The minimum Gasteiger partial charge on any atom is -0.467 e. The van der Waals surface area contributed by atoms with Gasteiger partial charge >= 0.3 is 0 Å². The number of rotatable bonds is 4. The maximum absolute atomic E-state index is 5.25. The lowest BCUT2D eigenvalue weighted by Gasteiger charge is -2.09. The van der Waals surface area contributed by atoms with Crippen LogP contribution in [0.1, 0.15) is 11.3 Å². The van der Waals surface area contributed by atoms with Crippen LogP contribution in [0.15, 0.2) is 46.3 Å². The molecule has 2 rings (SSSR count). The maximum atomic E-state index is 5.25. The van der Waals surface area contributed by atoms with Crippen molar-refractivity contribution in [2.75, 3.05) is 7.05 Å². The van der Waals surface area contributed by atoms with Crippen LogP contribution < -0.4 is 10.6 Å². The van der Waals surface area contributed by atoms with Crippen molar-refractivity contribution in [3.8, 4) is 0 Å². The Morgan fingerprint density at radius 3 is 2.78 bits per heavy atom. The molecule has 5 heteroatoms. The fourth-order valence-electron chi connectivity index (χ4n) is 1.66. The maximum Gasteiger partial charge on any atom is 0.191 e. The summed E-state index contributed by atoms with van der Waals surface area (Å²) in [6.07, 6.45) is 5.76. The Balaban J connectivity index is 1.79. The molecule has 0 bridgehead atoms. The first kappa shape index (κ1) is 12.3. The molecule has 0 saturated heterocycles. The van der Waals surface area contributed by atoms with E-state index in [4.69, 9.17) is 4.42 Å². The molecular weight excluding hydrogens is 228 g/mol. The molecule has 2 heterocycles. The van der Waals surface area contributed by atoms with Gasteiger partial charge in [-0.15, -0.1) is 0 Å². The third-order valence-electron chi connectivity index (χ3n) is 2.59. The Hall–Kier alpha value is -2.17. The van der Waals surface area contributed by atoms with Crippen molar-refractivity contribution in [3.63, 3.8) is 0 Å². The summed E-state index contributed by atoms with van der Waals surface area (Å²) in [7, 11) is 3.76. The van der Waals surface area contributed by atoms with E-state index in [0.717, 1.165) is 18.3 Å². The number of aliphatic imine (C=N–C) groups is 1. The third kappa shape index (κ3) is 3.41. The lowest BCUT2D eigenvalue weighted by Crippen LogP contribution is -2.36. The zero-order chi connectivity index (χ0) is 12.8. The highest BCUT2D eigenvalue weighted by molar-refractivity contribution is 5.79. The van der Waals surface area contributed by atoms with Crippen molar-refractivity contribution in [3.05, 3.63) is 48.2 Å². The van der Waals surface area contributed by atoms with Gasteiger partial charge in [-0.2, -0.15) is 0 Å². The molecule has 2 N–H and O–H groups in total. The Labute approximate surface area is 107 Å². The number of hydrogen-bond donors (Lipinski definition) is 2. The number of nitrogens with one attached hydrogen (secondary N) is 2. The molecule has 0 radical (unpaired) electrons. The largest absolute Gasteiger partial charge is 0.467 e. The number of guanidine groups is 1. The lowest BCUT2D eigenvalue weighted by molar-refractivity contribution is 0.501. The monoisotopic (exact) mass is 246 g/mol. The molecule has 0 atom stereocenters. The van der Waals surface area contributed by atoms with Gasteiger partial charge in [0.1, 0.15) is 5.76 Å². The first-order valence-corrected chi connectivity index (χ1v) is 5.85. The van der Waals surface area contributed by atoms with Crippen molar-refractivity contribution in [2.24, 2.45) is 12.0 Å². The third-order valence-corrected chi connectivity index (χ3v) is 2.59. The van der Waals surface area contributed by atoms with Gasteiger partial charge < -0.3 is 19.6 Å². The lowest BCUT2D eigenvalue weighted by atomic mass is 10.3. The van der Waals surface area contributed by atoms with Gasteiger partial charge in [-0.3, -0.25) is 4.99 Å². The van der Waals surface area contributed by atoms with E-state index in [9.17, 15) is 0 Å². The molecule has 2 aromatic rings. The second-order valence-corrected chi connectivity index (χ2v) is 4.04. The summed E-state index contributed by atoms with van der Waals surface area (Å²) >= 11 is 0. The van der Waals surface area contributed by atoms with Gasteiger partial charge in [-0.1, -0.05) is 0 Å². The Kier molecular flexibility index (Phi) is 4.06. The first-order valence-electron chi connectivity index (χ1n) is 5.85. The summed E-state index contributed by atoms with van der Waals surface area (Å²) in [5.74, 6) is 1.65. The van der Waals surface area contributed by atoms with E-state index in [1.165, 1.54) is 5.56 Å². The molecule has 18 heavy (non-hydrogen) atoms. The van der Waals surface area contributed by atoms with Crippen LogP contribution in [-0.4, -0.2) is 17.6 Å². The van der Waals surface area contributed by atoms with Gasteiger partial charge in [0.2, 0.25) is 0 Å². The summed E-state index contributed by atoms with van der Waals surface area (Å²) in [5.41, 5.74) is 1.22. The van der Waals surface area contributed by atoms with Gasteiger partial charge in [-0.25, -0.2) is 0 Å². The van der Waals surface area contributed by atoms with Crippen LogP contribution in [0.4, 0.5) is 0 Å². The SMILES string of the molecule is CN=C(NCc1ccn(C)c1)NCc1ccco1. The van der Waals surface area contributed by atoms with Gasteiger partial charge in [0.25, 0.3) is 0 Å². The first-order chi connectivity index (χ1) is 8.78. The molecule has 0 unspecified atom stereocenters. The van der Waals surface area contributed by atoms with Crippen LogP contribution in [0.3, 0.4) is 0 Å². The standard InChI is InChI=1S/C13H18N4O/c1-14-13(16-9-12-4-3-7-18-12)15-8-11-5-6-17(2)10-11/h3-7,10H,8-9H2,1-2H3,(H2,14,15,16). The van der Waals surface area contributed by atoms with Crippen molar-refractivity contribution >= 4 is 5.96 Å². The summed E-state index contributed by atoms with van der Waals surface area (Å²) in [5, 5.41) is 6.43. The average Bonchev–Trinajstić information content (AvgIpc) is 3.01. The van der Waals surface area contributed by atoms with Crippen LogP contribution in [0.2, 0.25) is 0 Å². The van der Waals surface area contributed by atoms with E-state index < -0.39 is 0 Å². The fraction of sp³-hybridized carbons (Fsp3) is 0.308. The Morgan fingerprint density at radius 1 is 1.33 bits per heavy atom. The van der Waals surface area contributed by atoms with E-state index in [0.29, 0.717) is 6.54 Å². The topological polar surface area (TPSA) is 54.5 Å². The van der Waals surface area contributed by atoms with E-state index >= 15 is 0 Å². The molecule has 0 aliphatic rings. The van der Waals surface area contributed by atoms with E-state index in [2.05, 4.69) is 27.9 Å². The second-order valence-electron chi connectivity index (χ2n) is 4.04. The quantitative estimate of drug-likeness (QED) is 0.634. The smallest absolute Gasteiger partial charge is 0.191 e. The molecule has 0 spiro atoms. The molecule has 0 aliphatic carbocycles. The Bertz CT molecular complexity index is 499. The summed E-state index contributed by atoms with van der Waals surface area (Å²) < 4.78 is 7.27. The van der Waals surface area contributed by atoms with Gasteiger partial charge in [0.05, 0.1) is 12.8 Å². The molecule has 5 nitrogen and oxygen atoms in total. The highest BCUT2D eigenvalue weighted by Crippen LogP contribution is 2.00. The molecule has 0 aromatic carbocycles. The zero-order valence-corrected chi connectivity index (χ0v) is 10.7. The van der Waals surface area contributed by atoms with Crippen LogP contribution in [0.25, 0.3) is 0 Å². The van der Waals surface area contributed by atoms with Gasteiger partial charge in [-0.05, 0) is 23.8 Å². The van der Waals surface area contributed by atoms with Crippen LogP contribution in [0, 0.1) is 0 Å². The highest BCUT2D eigenvalue weighted by Gasteiger charge is 2.00. The molecule has 0 fully saturated rings. The van der Waals surface area contributed by atoms with Crippen molar-refractivity contribution in [1.82, 2.24) is 15.2 Å². The van der Waals surface area contributed by atoms with Crippen molar-refractivity contribution < 1.29 is 4.42 Å². The normalized spacial score (nSPS) is 11.6. The number of aryl methyl sites for hydroxylation is 1. The highest BCUT2D eigenvalue weighted by atomic mass is 16.3. The minimum atomic E-state index is 0.626. The molecule has 96 valence electrons. The van der Waals surface area contributed by atoms with E-state index in [1.54, 1.807) is 13.3 Å². The molecule has 0 saturated carbocycles. The fourth-order valence-corrected chi connectivity index (χ4v) is 1.66. The van der Waals surface area contributed by atoms with Crippen LogP contribution in [-0.2, 0) is 20.1 Å². The zero-order valence-electron chi connectivity index (χ0n) is 10.7. The van der Waals surface area contributed by atoms with E-state index in [-0.39, 0.29) is 0 Å². The summed E-state index contributed by atoms with van der Waals surface area (Å²) in [6, 6.07) is 5.88. The predicted molar refractivity (Wildman–Crippen MR) is 71.2 cm³/mol. The van der Waals surface area contributed by atoms with Crippen molar-refractivity contribution in [2.45, 2.75) is 13.1 Å². The molecule has 0 aliphatic heterocycles. The number of hydrogen-bond acceptors (Lipinski definition) is 2. The molecule has 2 aromatic heterocycles. The summed E-state index contributed by atoms with van der Waals surface area (Å²) in [6.45, 7) is 1.38. The minimum absolute atomic E-state index is 0.626.